The van der Waals surface area contributed by atoms with Crippen LogP contribution in [0.2, 0.25) is 0 Å². The normalized spacial score (nSPS) is 25.2. The molecule has 1 heterocycles. The van der Waals surface area contributed by atoms with Crippen LogP contribution in [0.3, 0.4) is 0 Å². The molecule has 2 atom stereocenters. The van der Waals surface area contributed by atoms with E-state index in [2.05, 4.69) is 17.6 Å². The van der Waals surface area contributed by atoms with Crippen LogP contribution in [-0.2, 0) is 5.41 Å². The van der Waals surface area contributed by atoms with E-state index in [-0.39, 0.29) is 34.5 Å². The molecule has 1 aromatic rings. The van der Waals surface area contributed by atoms with Gasteiger partial charge in [-0.1, -0.05) is 36.5 Å². The highest BCUT2D eigenvalue weighted by atomic mass is 79.9. The summed E-state index contributed by atoms with van der Waals surface area (Å²) in [5.41, 5.74) is 0.936. The van der Waals surface area contributed by atoms with Crippen LogP contribution in [0.15, 0.2) is 79.1 Å². The minimum atomic E-state index is -0.652. The van der Waals surface area contributed by atoms with E-state index >= 15 is 0 Å². The number of phenolic OH excluding ortho intramolecular Hbond substituents is 1. The van der Waals surface area contributed by atoms with Gasteiger partial charge in [0.1, 0.15) is 11.6 Å². The molecule has 1 N–H and O–H groups in total. The van der Waals surface area contributed by atoms with Gasteiger partial charge in [-0.05, 0) is 36.0 Å². The Kier molecular flexibility index (Phi) is 5.50. The van der Waals surface area contributed by atoms with Gasteiger partial charge < -0.3 is 10.0 Å². The molecular weight excluding hydrogens is 369 g/mol. The zero-order chi connectivity index (χ0) is 16.4. The Balaban J connectivity index is 0.00000208. The average molecular weight is 390 g/mol. The smallest absolute Gasteiger partial charge is 0.123 e. The van der Waals surface area contributed by atoms with Crippen LogP contribution in [0.5, 0.6) is 5.75 Å². The Morgan fingerprint density at radius 2 is 2.17 bits per heavy atom. The van der Waals surface area contributed by atoms with Gasteiger partial charge in [-0.15, -0.1) is 23.6 Å². The van der Waals surface area contributed by atoms with Crippen molar-refractivity contribution < 1.29 is 9.50 Å². The van der Waals surface area contributed by atoms with Crippen molar-refractivity contribution in [2.24, 2.45) is 5.92 Å². The molecule has 0 aromatic heterocycles. The van der Waals surface area contributed by atoms with E-state index in [4.69, 9.17) is 0 Å². The molecule has 0 radical (unpaired) electrons. The van der Waals surface area contributed by atoms with Crippen LogP contribution in [0.1, 0.15) is 5.56 Å². The maximum Gasteiger partial charge on any atom is 0.123 e. The lowest BCUT2D eigenvalue weighted by atomic mass is 9.63. The van der Waals surface area contributed by atoms with Crippen molar-refractivity contribution in [3.63, 3.8) is 0 Å². The third kappa shape index (κ3) is 2.98. The molecule has 0 fully saturated rings. The summed E-state index contributed by atoms with van der Waals surface area (Å²) in [6.07, 6.45) is 15.9. The molecule has 3 rings (SSSR count). The van der Waals surface area contributed by atoms with Crippen LogP contribution in [0.25, 0.3) is 0 Å². The molecule has 4 heteroatoms. The average Bonchev–Trinajstić information content (AvgIpc) is 2.57. The molecule has 2 aliphatic rings. The molecule has 1 aliphatic carbocycles. The lowest BCUT2D eigenvalue weighted by Gasteiger charge is -2.40. The predicted octanol–water partition coefficient (Wildman–Crippen LogP) is 4.66. The van der Waals surface area contributed by atoms with E-state index < -0.39 is 5.41 Å². The molecule has 0 amide bonds. The summed E-state index contributed by atoms with van der Waals surface area (Å²) >= 11 is 0. The second-order valence-electron chi connectivity index (χ2n) is 5.95. The van der Waals surface area contributed by atoms with Crippen LogP contribution >= 0.6 is 17.0 Å². The van der Waals surface area contributed by atoms with Gasteiger partial charge in [-0.25, -0.2) is 4.39 Å². The van der Waals surface area contributed by atoms with Gasteiger partial charge in [-0.2, -0.15) is 0 Å². The standard InChI is InChI=1S/C20H20FNO.BrH/c1-3-15-6-4-5-11-20(15,16-9-12-22(2)13-10-16)18-14-17(21)7-8-19(18)23;/h3-12,14-15,23H,1,13H2,2H3;1H. The van der Waals surface area contributed by atoms with Crippen LogP contribution in [0.4, 0.5) is 4.39 Å². The van der Waals surface area contributed by atoms with E-state index in [9.17, 15) is 9.50 Å². The van der Waals surface area contributed by atoms with Gasteiger partial charge in [0.05, 0.1) is 5.41 Å². The first-order valence-corrected chi connectivity index (χ1v) is 7.64. The van der Waals surface area contributed by atoms with Gasteiger partial charge in [-0.3, -0.25) is 0 Å². The highest BCUT2D eigenvalue weighted by Crippen LogP contribution is 2.48. The third-order valence-corrected chi connectivity index (χ3v) is 4.56. The largest absolute Gasteiger partial charge is 0.508 e. The Bertz CT molecular complexity index is 750. The molecule has 24 heavy (non-hydrogen) atoms. The second kappa shape index (κ2) is 7.22. The third-order valence-electron chi connectivity index (χ3n) is 4.56. The van der Waals surface area contributed by atoms with Crippen molar-refractivity contribution in [1.29, 1.82) is 0 Å². The molecule has 0 bridgehead atoms. The van der Waals surface area contributed by atoms with Gasteiger partial charge >= 0.3 is 0 Å². The fraction of sp³-hybridized carbons (Fsp3) is 0.200. The number of hydrogen-bond acceptors (Lipinski definition) is 2. The van der Waals surface area contributed by atoms with Crippen molar-refractivity contribution in [2.75, 3.05) is 13.6 Å². The van der Waals surface area contributed by atoms with Crippen molar-refractivity contribution >= 4 is 17.0 Å². The number of hydrogen-bond donors (Lipinski definition) is 1. The highest BCUT2D eigenvalue weighted by molar-refractivity contribution is 8.93. The Hall–Kier alpha value is -2.07. The van der Waals surface area contributed by atoms with E-state index in [1.165, 1.54) is 18.2 Å². The summed E-state index contributed by atoms with van der Waals surface area (Å²) in [5.74, 6) is -0.341. The minimum Gasteiger partial charge on any atom is -0.508 e. The SMILES string of the molecule is Br.C=CC1C=CC=CC1(C1=CCN(C)C=C1)c1cc(F)ccc1O. The summed E-state index contributed by atoms with van der Waals surface area (Å²) in [6, 6.07) is 4.11. The predicted molar refractivity (Wildman–Crippen MR) is 102 cm³/mol. The Morgan fingerprint density at radius 3 is 2.83 bits per heavy atom. The zero-order valence-corrected chi connectivity index (χ0v) is 15.2. The van der Waals surface area contributed by atoms with E-state index in [1.54, 1.807) is 0 Å². The van der Waals surface area contributed by atoms with Crippen molar-refractivity contribution in [3.8, 4) is 5.75 Å². The number of allylic oxidation sites excluding steroid dienone is 7. The summed E-state index contributed by atoms with van der Waals surface area (Å²) in [5, 5.41) is 10.4. The maximum absolute atomic E-state index is 13.9. The van der Waals surface area contributed by atoms with Gasteiger partial charge in [0.2, 0.25) is 0 Å². The van der Waals surface area contributed by atoms with Crippen LogP contribution < -0.4 is 0 Å². The molecule has 0 spiro atoms. The van der Waals surface area contributed by atoms with Crippen LogP contribution in [-0.4, -0.2) is 23.6 Å². The highest BCUT2D eigenvalue weighted by Gasteiger charge is 2.41. The van der Waals surface area contributed by atoms with Gasteiger partial charge in [0.25, 0.3) is 0 Å². The number of likely N-dealkylation sites (N-methyl/N-ethyl adjacent to an activating group) is 1. The molecule has 2 unspecified atom stereocenters. The van der Waals surface area contributed by atoms with E-state index in [0.717, 1.165) is 12.1 Å². The van der Waals surface area contributed by atoms with Crippen LogP contribution in [0, 0.1) is 11.7 Å². The number of phenols is 1. The van der Waals surface area contributed by atoms with Gasteiger partial charge in [0.15, 0.2) is 0 Å². The number of benzene rings is 1. The second-order valence-corrected chi connectivity index (χ2v) is 5.95. The summed E-state index contributed by atoms with van der Waals surface area (Å²) in [4.78, 5) is 2.06. The Labute approximate surface area is 152 Å². The summed E-state index contributed by atoms with van der Waals surface area (Å²) < 4.78 is 13.9. The Morgan fingerprint density at radius 1 is 1.38 bits per heavy atom. The fourth-order valence-corrected chi connectivity index (χ4v) is 3.36. The maximum atomic E-state index is 13.9. The fourth-order valence-electron chi connectivity index (χ4n) is 3.36. The summed E-state index contributed by atoms with van der Waals surface area (Å²) in [7, 11) is 2.00. The molecule has 1 aliphatic heterocycles. The first-order valence-electron chi connectivity index (χ1n) is 7.64. The number of rotatable bonds is 3. The quantitative estimate of drug-likeness (QED) is 0.759. The zero-order valence-electron chi connectivity index (χ0n) is 13.5. The molecule has 1 aromatic carbocycles. The first kappa shape index (κ1) is 18.3. The number of nitrogens with zero attached hydrogens (tertiary/aromatic N) is 1. The lowest BCUT2D eigenvalue weighted by molar-refractivity contribution is 0.431. The van der Waals surface area contributed by atoms with Gasteiger partial charge in [0, 0.05) is 25.1 Å². The minimum absolute atomic E-state index is 0. The molecular formula is C20H21BrFNO. The molecule has 0 saturated heterocycles. The molecule has 0 saturated carbocycles. The lowest BCUT2D eigenvalue weighted by Crippen LogP contribution is -2.36. The summed E-state index contributed by atoms with van der Waals surface area (Å²) in [6.45, 7) is 4.71. The number of aromatic hydroxyl groups is 1. The van der Waals surface area contributed by atoms with Crippen molar-refractivity contribution in [1.82, 2.24) is 4.90 Å². The van der Waals surface area contributed by atoms with Crippen molar-refractivity contribution in [3.05, 3.63) is 90.5 Å². The first-order chi connectivity index (χ1) is 11.1. The number of halogens is 2. The molecule has 126 valence electrons. The monoisotopic (exact) mass is 389 g/mol. The van der Waals surface area contributed by atoms with E-state index in [1.807, 2.05) is 49.7 Å². The molecule has 2 nitrogen and oxygen atoms in total. The van der Waals surface area contributed by atoms with Crippen molar-refractivity contribution in [2.45, 2.75) is 5.41 Å². The topological polar surface area (TPSA) is 23.5 Å². The van der Waals surface area contributed by atoms with E-state index in [0.29, 0.717) is 5.56 Å².